The maximum Gasteiger partial charge on any atom is 0.340 e. The lowest BCUT2D eigenvalue weighted by Crippen LogP contribution is -2.08. The molecule has 2 aromatic rings. The summed E-state index contributed by atoms with van der Waals surface area (Å²) in [6, 6.07) is 7.48. The number of methoxy groups -OCH3 is 2. The normalized spacial score (nSPS) is 14.5. The van der Waals surface area contributed by atoms with E-state index in [2.05, 4.69) is 0 Å². The summed E-state index contributed by atoms with van der Waals surface area (Å²) >= 11 is 0. The molecule has 1 aliphatic rings. The molecule has 1 N–H and O–H groups in total. The number of carbonyl (C=O) groups is 2. The molecule has 0 amide bonds. The molecular weight excluding hydrogens is 346 g/mol. The summed E-state index contributed by atoms with van der Waals surface area (Å²) in [5, 5.41) is 10.8. The van der Waals surface area contributed by atoms with Crippen LogP contribution in [-0.2, 0) is 20.8 Å². The van der Waals surface area contributed by atoms with Gasteiger partial charge in [0.25, 0.3) is 0 Å². The Hall–Kier alpha value is -3.12. The van der Waals surface area contributed by atoms with Gasteiger partial charge in [0, 0.05) is 24.9 Å². The van der Waals surface area contributed by atoms with Gasteiger partial charge in [0.05, 0.1) is 24.8 Å². The van der Waals surface area contributed by atoms with Gasteiger partial charge in [-0.2, -0.15) is 0 Å². The standard InChI is InChI=1S/C21H21NO5/c1-13-19(21(25)27-3)17(20(24)22(13)10-11-26-2)12-16-15-7-5-4-6-14(15)8-9-18(16)23/h4-9,12,24H,10-11H2,1-3H3. The molecule has 0 saturated carbocycles. The molecule has 1 aromatic heterocycles. The zero-order valence-electron chi connectivity index (χ0n) is 15.5. The Balaban J connectivity index is 2.22. The lowest BCUT2D eigenvalue weighted by atomic mass is 9.90. The average Bonchev–Trinajstić information content (AvgIpc) is 2.91. The zero-order chi connectivity index (χ0) is 19.6. The molecule has 6 heteroatoms. The molecule has 0 bridgehead atoms. The van der Waals surface area contributed by atoms with Gasteiger partial charge in [0.15, 0.2) is 11.7 Å². The largest absolute Gasteiger partial charge is 0.494 e. The summed E-state index contributed by atoms with van der Waals surface area (Å²) in [6.07, 6.45) is 4.80. The minimum atomic E-state index is -0.571. The van der Waals surface area contributed by atoms with Crippen LogP contribution in [0.2, 0.25) is 0 Å². The third-order valence-corrected chi connectivity index (χ3v) is 4.66. The summed E-state index contributed by atoms with van der Waals surface area (Å²) in [5.41, 5.74) is 3.12. The van der Waals surface area contributed by atoms with Gasteiger partial charge < -0.3 is 19.1 Å². The van der Waals surface area contributed by atoms with Crippen molar-refractivity contribution in [3.05, 3.63) is 58.3 Å². The molecule has 0 spiro atoms. The fourth-order valence-corrected chi connectivity index (χ4v) is 3.27. The highest BCUT2D eigenvalue weighted by Crippen LogP contribution is 2.35. The number of esters is 1. The van der Waals surface area contributed by atoms with E-state index in [1.165, 1.54) is 13.2 Å². The number of rotatable bonds is 5. The molecule has 0 saturated heterocycles. The molecule has 27 heavy (non-hydrogen) atoms. The molecule has 0 unspecified atom stereocenters. The number of hydrogen-bond donors (Lipinski definition) is 1. The lowest BCUT2D eigenvalue weighted by molar-refractivity contribution is -0.109. The molecule has 1 aromatic carbocycles. The first kappa shape index (κ1) is 18.7. The van der Waals surface area contributed by atoms with E-state index in [0.29, 0.717) is 24.4 Å². The van der Waals surface area contributed by atoms with Crippen LogP contribution in [0.5, 0.6) is 5.88 Å². The number of fused-ring (bicyclic) bond motifs is 1. The molecule has 3 rings (SSSR count). The van der Waals surface area contributed by atoms with Crippen molar-refractivity contribution < 1.29 is 24.2 Å². The molecule has 0 radical (unpaired) electrons. The van der Waals surface area contributed by atoms with Crippen LogP contribution in [-0.4, -0.2) is 42.3 Å². The van der Waals surface area contributed by atoms with Crippen LogP contribution in [0.4, 0.5) is 0 Å². The first-order chi connectivity index (χ1) is 13.0. The SMILES string of the molecule is COCCn1c(C)c(C(=O)OC)c(C=C2C(=O)C=Cc3ccccc32)c1O. The van der Waals surface area contributed by atoms with E-state index in [4.69, 9.17) is 9.47 Å². The van der Waals surface area contributed by atoms with Crippen LogP contribution in [0.25, 0.3) is 17.7 Å². The summed E-state index contributed by atoms with van der Waals surface area (Å²) in [4.78, 5) is 24.9. The number of allylic oxidation sites excluding steroid dienone is 2. The zero-order valence-corrected chi connectivity index (χ0v) is 15.5. The van der Waals surface area contributed by atoms with Crippen molar-refractivity contribution in [3.63, 3.8) is 0 Å². The Morgan fingerprint density at radius 1 is 1.22 bits per heavy atom. The van der Waals surface area contributed by atoms with Gasteiger partial charge in [-0.25, -0.2) is 4.79 Å². The summed E-state index contributed by atoms with van der Waals surface area (Å²) in [6.45, 7) is 2.45. The Bertz CT molecular complexity index is 965. The van der Waals surface area contributed by atoms with Crippen molar-refractivity contribution in [2.24, 2.45) is 0 Å². The Morgan fingerprint density at radius 2 is 1.96 bits per heavy atom. The van der Waals surface area contributed by atoms with Crippen molar-refractivity contribution in [2.45, 2.75) is 13.5 Å². The number of aromatic nitrogens is 1. The third-order valence-electron chi connectivity index (χ3n) is 4.66. The van der Waals surface area contributed by atoms with Crippen molar-refractivity contribution in [3.8, 4) is 5.88 Å². The second-order valence-corrected chi connectivity index (χ2v) is 6.18. The van der Waals surface area contributed by atoms with Crippen LogP contribution in [0.3, 0.4) is 0 Å². The minimum Gasteiger partial charge on any atom is -0.494 e. The molecule has 1 aliphatic carbocycles. The lowest BCUT2D eigenvalue weighted by Gasteiger charge is -2.13. The van der Waals surface area contributed by atoms with Crippen molar-refractivity contribution in [1.29, 1.82) is 0 Å². The Kier molecular flexibility index (Phi) is 5.28. The van der Waals surface area contributed by atoms with Crippen molar-refractivity contribution in [1.82, 2.24) is 4.57 Å². The van der Waals surface area contributed by atoms with E-state index in [9.17, 15) is 14.7 Å². The smallest absolute Gasteiger partial charge is 0.340 e. The maximum atomic E-state index is 12.5. The Morgan fingerprint density at radius 3 is 2.67 bits per heavy atom. The fourth-order valence-electron chi connectivity index (χ4n) is 3.27. The van der Waals surface area contributed by atoms with E-state index in [1.807, 2.05) is 24.3 Å². The van der Waals surface area contributed by atoms with Crippen molar-refractivity contribution >= 4 is 29.5 Å². The van der Waals surface area contributed by atoms with Gasteiger partial charge in [0.1, 0.15) is 0 Å². The summed E-state index contributed by atoms with van der Waals surface area (Å²) < 4.78 is 11.6. The number of ether oxygens (including phenoxy) is 2. The van der Waals surface area contributed by atoms with Crippen LogP contribution in [0.1, 0.15) is 32.7 Å². The van der Waals surface area contributed by atoms with E-state index in [1.54, 1.807) is 30.8 Å². The van der Waals surface area contributed by atoms with E-state index in [0.717, 1.165) is 11.1 Å². The van der Waals surface area contributed by atoms with Crippen LogP contribution in [0.15, 0.2) is 30.3 Å². The molecule has 1 heterocycles. The highest BCUT2D eigenvalue weighted by Gasteiger charge is 2.26. The average molecular weight is 367 g/mol. The van der Waals surface area contributed by atoms with Gasteiger partial charge in [-0.3, -0.25) is 4.79 Å². The fraction of sp³-hybridized carbons (Fsp3) is 0.238. The maximum absolute atomic E-state index is 12.5. The van der Waals surface area contributed by atoms with Gasteiger partial charge in [-0.15, -0.1) is 0 Å². The molecule has 0 fully saturated rings. The molecule has 0 aliphatic heterocycles. The summed E-state index contributed by atoms with van der Waals surface area (Å²) in [5.74, 6) is -0.860. The van der Waals surface area contributed by atoms with Crippen LogP contribution >= 0.6 is 0 Å². The topological polar surface area (TPSA) is 77.8 Å². The number of carbonyl (C=O) groups excluding carboxylic acids is 2. The second-order valence-electron chi connectivity index (χ2n) is 6.18. The number of benzene rings is 1. The Labute approximate surface area is 157 Å². The van der Waals surface area contributed by atoms with Crippen LogP contribution < -0.4 is 0 Å². The number of ketones is 1. The van der Waals surface area contributed by atoms with E-state index >= 15 is 0 Å². The first-order valence-corrected chi connectivity index (χ1v) is 8.52. The number of hydrogen-bond acceptors (Lipinski definition) is 5. The minimum absolute atomic E-state index is 0.0997. The van der Waals surface area contributed by atoms with Gasteiger partial charge in [0.2, 0.25) is 0 Å². The molecule has 6 nitrogen and oxygen atoms in total. The van der Waals surface area contributed by atoms with Crippen LogP contribution in [0, 0.1) is 6.92 Å². The quantitative estimate of drug-likeness (QED) is 0.649. The predicted molar refractivity (Wildman–Crippen MR) is 102 cm³/mol. The van der Waals surface area contributed by atoms with E-state index < -0.39 is 5.97 Å². The third kappa shape index (κ3) is 3.31. The van der Waals surface area contributed by atoms with Gasteiger partial charge >= 0.3 is 5.97 Å². The van der Waals surface area contributed by atoms with Gasteiger partial charge in [-0.1, -0.05) is 30.3 Å². The molecule has 140 valence electrons. The van der Waals surface area contributed by atoms with Crippen molar-refractivity contribution in [2.75, 3.05) is 20.8 Å². The number of aromatic hydroxyl groups is 1. The first-order valence-electron chi connectivity index (χ1n) is 8.52. The summed E-state index contributed by atoms with van der Waals surface area (Å²) in [7, 11) is 2.84. The monoisotopic (exact) mass is 367 g/mol. The predicted octanol–water partition coefficient (Wildman–Crippen LogP) is 3.07. The van der Waals surface area contributed by atoms with Gasteiger partial charge in [-0.05, 0) is 30.2 Å². The second kappa shape index (κ2) is 7.63. The number of nitrogens with zero attached hydrogens (tertiary/aromatic N) is 1. The molecular formula is C21H21NO5. The molecule has 0 atom stereocenters. The highest BCUT2D eigenvalue weighted by atomic mass is 16.5. The van der Waals surface area contributed by atoms with E-state index in [-0.39, 0.29) is 22.8 Å². The highest BCUT2D eigenvalue weighted by molar-refractivity contribution is 6.33.